The molecule has 0 saturated carbocycles. The van der Waals surface area contributed by atoms with Crippen molar-refractivity contribution in [2.24, 2.45) is 0 Å². The van der Waals surface area contributed by atoms with Gasteiger partial charge in [-0.15, -0.1) is 0 Å². The van der Waals surface area contributed by atoms with E-state index in [0.717, 1.165) is 12.1 Å². The number of aryl methyl sites for hydroxylation is 1. The lowest BCUT2D eigenvalue weighted by Crippen LogP contribution is -2.25. The van der Waals surface area contributed by atoms with Gasteiger partial charge in [0.2, 0.25) is 0 Å². The Hall–Kier alpha value is -4.69. The summed E-state index contributed by atoms with van der Waals surface area (Å²) in [6.45, 7) is 1.58. The molecule has 0 atom stereocenters. The number of fused-ring (bicyclic) bond motifs is 2. The fourth-order valence-electron chi connectivity index (χ4n) is 4.77. The highest BCUT2D eigenvalue weighted by Gasteiger charge is 2.47. The summed E-state index contributed by atoms with van der Waals surface area (Å²) in [7, 11) is 0. The van der Waals surface area contributed by atoms with E-state index in [1.807, 2.05) is 0 Å². The van der Waals surface area contributed by atoms with Crippen LogP contribution >= 0.6 is 0 Å². The summed E-state index contributed by atoms with van der Waals surface area (Å²) in [6, 6.07) is 6.62. The van der Waals surface area contributed by atoms with Crippen LogP contribution in [0.25, 0.3) is 32.9 Å². The van der Waals surface area contributed by atoms with E-state index in [-0.39, 0.29) is 14.8 Å². The molecule has 2 heterocycles. The summed E-state index contributed by atoms with van der Waals surface area (Å²) in [5.74, 6) is 0. The van der Waals surface area contributed by atoms with Gasteiger partial charge < -0.3 is 0 Å². The first-order chi connectivity index (χ1) is 18.9. The molecule has 0 spiro atoms. The maximum atomic E-state index is 14.5. The Morgan fingerprint density at radius 3 is 1.02 bits per heavy atom. The molecule has 0 radical (unpaired) electrons. The molecule has 6 nitrogen and oxygen atoms in total. The van der Waals surface area contributed by atoms with Gasteiger partial charge in [0.05, 0.1) is 49.6 Å². The molecule has 41 heavy (non-hydrogen) atoms. The van der Waals surface area contributed by atoms with E-state index in [0.29, 0.717) is 29.8 Å². The topological polar surface area (TPSA) is 78.1 Å². The number of hydrogen-bond acceptors (Lipinski definition) is 4. The van der Waals surface area contributed by atoms with Crippen LogP contribution in [0, 0.1) is 6.92 Å². The summed E-state index contributed by atoms with van der Waals surface area (Å²) in [5.41, 5.74) is -13.9. The van der Waals surface area contributed by atoms with Crippen molar-refractivity contribution in [3.63, 3.8) is 0 Å². The largest absolute Gasteiger partial charge is 0.418 e. The first kappa shape index (κ1) is 27.9. The minimum Gasteiger partial charge on any atom is -0.268 e. The molecule has 0 amide bonds. The molecule has 0 aliphatic rings. The van der Waals surface area contributed by atoms with Gasteiger partial charge in [-0.2, -0.15) is 39.5 Å². The number of alkyl halides is 9. The molecule has 0 aliphatic carbocycles. The zero-order valence-electron chi connectivity index (χ0n) is 20.0. The van der Waals surface area contributed by atoms with E-state index in [1.54, 1.807) is 6.92 Å². The molecule has 0 unspecified atom stereocenters. The van der Waals surface area contributed by atoms with Crippen molar-refractivity contribution in [2.45, 2.75) is 25.5 Å². The van der Waals surface area contributed by atoms with E-state index >= 15 is 0 Å². The van der Waals surface area contributed by atoms with Crippen molar-refractivity contribution in [1.29, 1.82) is 0 Å². The summed E-state index contributed by atoms with van der Waals surface area (Å²) < 4.78 is 125. The molecular formula is C26H11F9N2O4. The highest BCUT2D eigenvalue weighted by atomic mass is 19.4. The lowest BCUT2D eigenvalue weighted by Gasteiger charge is -2.13. The van der Waals surface area contributed by atoms with Crippen LogP contribution in [0.4, 0.5) is 39.5 Å². The lowest BCUT2D eigenvalue weighted by molar-refractivity contribution is -0.137. The summed E-state index contributed by atoms with van der Waals surface area (Å²) >= 11 is 0. The van der Waals surface area contributed by atoms with Crippen molar-refractivity contribution in [1.82, 2.24) is 9.13 Å². The standard InChI is InChI=1S/C26H11F9N2O4/c1-10-2-6-12(7-3-10)36-20(38)14-15(21(36)39)19(26(33,34)35)17-16(18(14)25(30,31)32)22(40)37(23(17)41)13-8-4-11(5-9-13)24(27,28)29/h2-9H,1H3. The van der Waals surface area contributed by atoms with Gasteiger partial charge >= 0.3 is 18.5 Å². The molecule has 15 heteroatoms. The lowest BCUT2D eigenvalue weighted by atomic mass is 9.96. The number of halogens is 9. The number of aromatic nitrogens is 2. The van der Waals surface area contributed by atoms with Crippen LogP contribution in [0.2, 0.25) is 0 Å². The minimum atomic E-state index is -5.73. The van der Waals surface area contributed by atoms with E-state index in [1.165, 1.54) is 12.1 Å². The Bertz CT molecular complexity index is 1980. The van der Waals surface area contributed by atoms with Crippen molar-refractivity contribution in [3.8, 4) is 11.4 Å². The molecule has 5 aromatic rings. The van der Waals surface area contributed by atoms with Gasteiger partial charge in [-0.05, 0) is 43.3 Å². The van der Waals surface area contributed by atoms with Gasteiger partial charge in [0.25, 0.3) is 22.2 Å². The maximum absolute atomic E-state index is 14.5. The SMILES string of the molecule is Cc1ccc(-n2c(=O)c3c(C(F)(F)F)c4c(=O)n(-c5ccc(C(F)(F)F)cc5)c(=O)c4c(C(F)(F)F)c3c2=O)cc1. The minimum absolute atomic E-state index is 0.0757. The van der Waals surface area contributed by atoms with Crippen LogP contribution < -0.4 is 22.2 Å². The third kappa shape index (κ3) is 4.14. The Morgan fingerprint density at radius 1 is 0.463 bits per heavy atom. The quantitative estimate of drug-likeness (QED) is 0.265. The molecule has 0 N–H and O–H groups in total. The van der Waals surface area contributed by atoms with Gasteiger partial charge in [0.1, 0.15) is 0 Å². The van der Waals surface area contributed by atoms with Crippen LogP contribution in [0.3, 0.4) is 0 Å². The average molecular weight is 586 g/mol. The highest BCUT2D eigenvalue weighted by molar-refractivity contribution is 6.06. The van der Waals surface area contributed by atoms with E-state index in [4.69, 9.17) is 0 Å². The molecule has 0 saturated heterocycles. The maximum Gasteiger partial charge on any atom is 0.418 e. The predicted octanol–water partition coefficient (Wildman–Crippen LogP) is 5.26. The zero-order valence-corrected chi connectivity index (χ0v) is 20.0. The predicted molar refractivity (Wildman–Crippen MR) is 127 cm³/mol. The smallest absolute Gasteiger partial charge is 0.268 e. The molecule has 5 rings (SSSR count). The molecule has 3 aromatic carbocycles. The van der Waals surface area contributed by atoms with Crippen LogP contribution in [-0.4, -0.2) is 9.13 Å². The van der Waals surface area contributed by atoms with E-state index in [9.17, 15) is 58.7 Å². The van der Waals surface area contributed by atoms with Gasteiger partial charge in [-0.25, -0.2) is 9.13 Å². The molecule has 0 fully saturated rings. The van der Waals surface area contributed by atoms with Crippen LogP contribution in [0.15, 0.2) is 67.7 Å². The first-order valence-electron chi connectivity index (χ1n) is 11.3. The monoisotopic (exact) mass is 586 g/mol. The van der Waals surface area contributed by atoms with Crippen LogP contribution in [-0.2, 0) is 18.5 Å². The fraction of sp³-hybridized carbons (Fsp3) is 0.154. The second-order valence-electron chi connectivity index (χ2n) is 9.02. The average Bonchev–Trinajstić information content (AvgIpc) is 3.26. The molecule has 0 aliphatic heterocycles. The van der Waals surface area contributed by atoms with Crippen molar-refractivity contribution in [2.75, 3.05) is 0 Å². The Labute approximate surface area is 219 Å². The third-order valence-corrected chi connectivity index (χ3v) is 6.48. The Balaban J connectivity index is 2.04. The van der Waals surface area contributed by atoms with Crippen molar-refractivity contribution in [3.05, 3.63) is 112 Å². The first-order valence-corrected chi connectivity index (χ1v) is 11.3. The molecular weight excluding hydrogens is 575 g/mol. The highest BCUT2D eigenvalue weighted by Crippen LogP contribution is 2.44. The van der Waals surface area contributed by atoms with Crippen LogP contribution in [0.5, 0.6) is 0 Å². The zero-order chi connectivity index (χ0) is 30.4. The summed E-state index contributed by atoms with van der Waals surface area (Å²) in [4.78, 5) is 52.9. The molecule has 0 bridgehead atoms. The number of rotatable bonds is 2. The summed E-state index contributed by atoms with van der Waals surface area (Å²) in [6.07, 6.45) is -16.4. The van der Waals surface area contributed by atoms with Gasteiger partial charge in [-0.3, -0.25) is 19.2 Å². The fourth-order valence-corrected chi connectivity index (χ4v) is 4.77. The Morgan fingerprint density at radius 2 is 0.756 bits per heavy atom. The van der Waals surface area contributed by atoms with Gasteiger partial charge in [0.15, 0.2) is 0 Å². The third-order valence-electron chi connectivity index (χ3n) is 6.48. The van der Waals surface area contributed by atoms with Gasteiger partial charge in [-0.1, -0.05) is 17.7 Å². The van der Waals surface area contributed by atoms with Crippen LogP contribution in [0.1, 0.15) is 22.3 Å². The van der Waals surface area contributed by atoms with E-state index < -0.39 is 84.7 Å². The van der Waals surface area contributed by atoms with Gasteiger partial charge in [0, 0.05) is 0 Å². The summed E-state index contributed by atoms with van der Waals surface area (Å²) in [5, 5.41) is -7.24. The Kier molecular flexibility index (Phi) is 5.88. The normalized spacial score (nSPS) is 13.0. The molecule has 212 valence electrons. The second kappa shape index (κ2) is 8.65. The van der Waals surface area contributed by atoms with Crippen molar-refractivity contribution < 1.29 is 39.5 Å². The number of benzene rings is 3. The van der Waals surface area contributed by atoms with E-state index in [2.05, 4.69) is 0 Å². The number of nitrogens with zero attached hydrogens (tertiary/aromatic N) is 2. The molecule has 2 aromatic heterocycles. The van der Waals surface area contributed by atoms with Crippen molar-refractivity contribution >= 4 is 21.5 Å². The number of hydrogen-bond donors (Lipinski definition) is 0. The second-order valence-corrected chi connectivity index (χ2v) is 9.02.